The SMILES string of the molecule is Nc1ncc(-c2nn3c(-c4ccc(F)nc4)cnc3s2)cc1C(F)(F)F.Nc1ncc(-c2nn3c(I)cnc3s2)cc1C(F)(F)F. The zero-order valence-corrected chi connectivity index (χ0v) is 26.0. The van der Waals surface area contributed by atoms with Gasteiger partial charge in [-0.05, 0) is 46.9 Å². The molecule has 21 heteroatoms. The fraction of sp³-hybridized carbons (Fsp3) is 0.0800. The lowest BCUT2D eigenvalue weighted by atomic mass is 10.2. The van der Waals surface area contributed by atoms with Gasteiger partial charge in [-0.15, -0.1) is 0 Å². The number of alkyl halides is 6. The first kappa shape index (κ1) is 31.5. The molecule has 0 atom stereocenters. The average Bonchev–Trinajstić information content (AvgIpc) is 3.76. The topological polar surface area (TPSA) is 151 Å². The number of rotatable bonds is 3. The molecule has 0 aliphatic carbocycles. The van der Waals surface area contributed by atoms with Crippen LogP contribution in [0, 0.1) is 9.65 Å². The molecule has 236 valence electrons. The Morgan fingerprint density at radius 3 is 1.63 bits per heavy atom. The van der Waals surface area contributed by atoms with Crippen molar-refractivity contribution in [2.45, 2.75) is 12.4 Å². The van der Waals surface area contributed by atoms with Crippen molar-refractivity contribution < 1.29 is 30.7 Å². The van der Waals surface area contributed by atoms with E-state index in [0.717, 1.165) is 27.2 Å². The molecule has 0 aliphatic heterocycles. The van der Waals surface area contributed by atoms with E-state index in [4.69, 9.17) is 11.5 Å². The van der Waals surface area contributed by atoms with Gasteiger partial charge in [0.05, 0.1) is 29.2 Å². The molecule has 7 heterocycles. The number of hydrogen-bond donors (Lipinski definition) is 2. The van der Waals surface area contributed by atoms with Gasteiger partial charge in [0.25, 0.3) is 0 Å². The van der Waals surface area contributed by atoms with E-state index >= 15 is 0 Å². The fourth-order valence-corrected chi connectivity index (χ4v) is 6.31. The molecule has 0 radical (unpaired) electrons. The van der Waals surface area contributed by atoms with Gasteiger partial charge in [0.15, 0.2) is 0 Å². The van der Waals surface area contributed by atoms with Gasteiger partial charge in [0, 0.05) is 35.3 Å². The molecule has 7 aromatic rings. The number of fused-ring (bicyclic) bond motifs is 2. The first-order chi connectivity index (χ1) is 21.7. The minimum Gasteiger partial charge on any atom is -0.383 e. The molecular formula is C25H13F7IN11S2. The van der Waals surface area contributed by atoms with Crippen LogP contribution in [0.25, 0.3) is 42.3 Å². The maximum absolute atomic E-state index is 13.0. The summed E-state index contributed by atoms with van der Waals surface area (Å²) >= 11 is 4.32. The van der Waals surface area contributed by atoms with Crippen molar-refractivity contribution in [3.63, 3.8) is 0 Å². The van der Waals surface area contributed by atoms with Crippen LogP contribution >= 0.6 is 45.3 Å². The summed E-state index contributed by atoms with van der Waals surface area (Å²) < 4.78 is 94.2. The summed E-state index contributed by atoms with van der Waals surface area (Å²) in [6, 6.07) is 4.56. The Kier molecular flexibility index (Phi) is 8.00. The molecule has 7 rings (SSSR count). The monoisotopic (exact) mass is 791 g/mol. The number of pyridine rings is 3. The maximum atomic E-state index is 13.0. The number of nitrogens with zero attached hydrogens (tertiary/aromatic N) is 9. The van der Waals surface area contributed by atoms with E-state index in [1.807, 2.05) is 22.6 Å². The summed E-state index contributed by atoms with van der Waals surface area (Å²) in [4.78, 5) is 20.1. The van der Waals surface area contributed by atoms with Gasteiger partial charge in [-0.25, -0.2) is 29.4 Å². The lowest BCUT2D eigenvalue weighted by molar-refractivity contribution is -0.137. The molecule has 0 saturated carbocycles. The van der Waals surface area contributed by atoms with Gasteiger partial charge < -0.3 is 11.5 Å². The Morgan fingerprint density at radius 2 is 1.13 bits per heavy atom. The van der Waals surface area contributed by atoms with Crippen molar-refractivity contribution in [2.75, 3.05) is 11.5 Å². The molecule has 11 nitrogen and oxygen atoms in total. The van der Waals surface area contributed by atoms with Crippen LogP contribution in [-0.4, -0.2) is 44.1 Å². The molecular weight excluding hydrogens is 778 g/mol. The molecule has 4 N–H and O–H groups in total. The van der Waals surface area contributed by atoms with Crippen LogP contribution in [0.15, 0.2) is 55.2 Å². The molecule has 7 aromatic heterocycles. The lowest BCUT2D eigenvalue weighted by Crippen LogP contribution is -2.10. The van der Waals surface area contributed by atoms with Gasteiger partial charge in [-0.2, -0.15) is 45.4 Å². The van der Waals surface area contributed by atoms with Crippen molar-refractivity contribution in [1.82, 2.24) is 44.1 Å². The Bertz CT molecular complexity index is 2200. The van der Waals surface area contributed by atoms with Gasteiger partial charge in [0.1, 0.15) is 25.4 Å². The molecule has 0 bridgehead atoms. The van der Waals surface area contributed by atoms with Crippen LogP contribution in [0.3, 0.4) is 0 Å². The summed E-state index contributed by atoms with van der Waals surface area (Å²) in [5.74, 6) is -1.76. The molecule has 0 unspecified atom stereocenters. The van der Waals surface area contributed by atoms with Crippen molar-refractivity contribution >= 4 is 66.8 Å². The summed E-state index contributed by atoms with van der Waals surface area (Å²) in [5, 5.41) is 9.21. The zero-order chi connectivity index (χ0) is 33.0. The van der Waals surface area contributed by atoms with Crippen LogP contribution in [0.5, 0.6) is 0 Å². The van der Waals surface area contributed by atoms with Gasteiger partial charge in [0.2, 0.25) is 15.9 Å². The van der Waals surface area contributed by atoms with E-state index in [1.165, 1.54) is 52.8 Å². The number of nitrogen functional groups attached to an aromatic ring is 2. The smallest absolute Gasteiger partial charge is 0.383 e. The average molecular weight is 791 g/mol. The zero-order valence-electron chi connectivity index (χ0n) is 22.2. The Morgan fingerprint density at radius 1 is 0.630 bits per heavy atom. The number of imidazole rings is 2. The van der Waals surface area contributed by atoms with E-state index in [9.17, 15) is 30.7 Å². The van der Waals surface area contributed by atoms with Crippen LogP contribution in [-0.2, 0) is 12.4 Å². The second kappa shape index (κ2) is 11.7. The van der Waals surface area contributed by atoms with Crippen molar-refractivity contribution in [3.05, 3.63) is 76.0 Å². The van der Waals surface area contributed by atoms with Gasteiger partial charge >= 0.3 is 12.4 Å². The highest BCUT2D eigenvalue weighted by atomic mass is 127. The van der Waals surface area contributed by atoms with Gasteiger partial charge in [-0.1, -0.05) is 22.7 Å². The predicted molar refractivity (Wildman–Crippen MR) is 163 cm³/mol. The second-order valence-electron chi connectivity index (χ2n) is 9.11. The quantitative estimate of drug-likeness (QED) is 0.113. The van der Waals surface area contributed by atoms with Crippen molar-refractivity contribution in [1.29, 1.82) is 0 Å². The Labute approximate surface area is 272 Å². The molecule has 46 heavy (non-hydrogen) atoms. The maximum Gasteiger partial charge on any atom is 0.419 e. The molecule has 0 spiro atoms. The predicted octanol–water partition coefficient (Wildman–Crippen LogP) is 6.71. The van der Waals surface area contributed by atoms with Crippen LogP contribution in [0.4, 0.5) is 42.4 Å². The molecule has 0 aliphatic rings. The summed E-state index contributed by atoms with van der Waals surface area (Å²) in [6.45, 7) is 0. The second-order valence-corrected chi connectivity index (χ2v) is 12.1. The summed E-state index contributed by atoms with van der Waals surface area (Å²) in [7, 11) is 0. The third-order valence-corrected chi connectivity index (χ3v) is 8.77. The molecule has 0 fully saturated rings. The van der Waals surface area contributed by atoms with Crippen molar-refractivity contribution in [3.8, 4) is 32.4 Å². The standard InChI is InChI=1S/C15H8F4N6S.C10H5F3IN5S/c16-11-2-1-7(4-21-11)10-6-23-14-25(10)24-13(26-14)8-3-9(15(17,18)19)12(20)22-5-8;11-10(12,13)5-1-4(2-16-7(5)15)8-18-19-6(14)3-17-9(19)20-8/h1-6H,(H2,20,22);1-3H,(H2,15,16). The fourth-order valence-electron chi connectivity index (χ4n) is 3.96. The van der Waals surface area contributed by atoms with E-state index in [0.29, 0.717) is 31.2 Å². The van der Waals surface area contributed by atoms with Gasteiger partial charge in [-0.3, -0.25) is 0 Å². The molecule has 0 amide bonds. The summed E-state index contributed by atoms with van der Waals surface area (Å²) in [6.07, 6.45) is -2.18. The minimum atomic E-state index is -4.62. The van der Waals surface area contributed by atoms with E-state index in [-0.39, 0.29) is 11.1 Å². The third-order valence-electron chi connectivity index (χ3n) is 6.09. The van der Waals surface area contributed by atoms with Crippen molar-refractivity contribution in [2.24, 2.45) is 0 Å². The number of nitrogens with two attached hydrogens (primary N) is 2. The van der Waals surface area contributed by atoms with E-state index in [2.05, 4.69) is 35.1 Å². The van der Waals surface area contributed by atoms with Crippen LogP contribution in [0.1, 0.15) is 11.1 Å². The Balaban J connectivity index is 0.000000167. The highest BCUT2D eigenvalue weighted by Crippen LogP contribution is 2.37. The van der Waals surface area contributed by atoms with E-state index in [1.54, 1.807) is 10.7 Å². The van der Waals surface area contributed by atoms with Crippen LogP contribution < -0.4 is 11.5 Å². The van der Waals surface area contributed by atoms with E-state index < -0.39 is 41.1 Å². The highest BCUT2D eigenvalue weighted by Gasteiger charge is 2.35. The number of halogens is 8. The van der Waals surface area contributed by atoms with Crippen LogP contribution in [0.2, 0.25) is 0 Å². The highest BCUT2D eigenvalue weighted by molar-refractivity contribution is 14.1. The molecule has 0 aromatic carbocycles. The first-order valence-corrected chi connectivity index (χ1v) is 15.0. The first-order valence-electron chi connectivity index (χ1n) is 12.3. The number of aromatic nitrogens is 9. The normalized spacial score (nSPS) is 12.1. The number of hydrogen-bond acceptors (Lipinski definition) is 11. The third kappa shape index (κ3) is 6.16. The number of anilines is 2. The lowest BCUT2D eigenvalue weighted by Gasteiger charge is -2.09. The molecule has 0 saturated heterocycles. The Hall–Kier alpha value is -4.51. The summed E-state index contributed by atoms with van der Waals surface area (Å²) in [5.41, 5.74) is 10.1. The minimum absolute atomic E-state index is 0.171. The largest absolute Gasteiger partial charge is 0.419 e.